The van der Waals surface area contributed by atoms with Gasteiger partial charge in [0.2, 0.25) is 0 Å². The minimum atomic E-state index is 0.174. The number of anilines is 1. The molecule has 0 atom stereocenters. The molecule has 1 aromatic heterocycles. The second-order valence-electron chi connectivity index (χ2n) is 5.54. The molecule has 0 unspecified atom stereocenters. The average Bonchev–Trinajstić information content (AvgIpc) is 2.83. The van der Waals surface area contributed by atoms with E-state index in [1.54, 1.807) is 0 Å². The number of nitrogens with two attached hydrogens (primary N) is 1. The van der Waals surface area contributed by atoms with Crippen LogP contribution in [-0.2, 0) is 6.54 Å². The lowest BCUT2D eigenvalue weighted by atomic mass is 10.2. The molecule has 0 aliphatic carbocycles. The van der Waals surface area contributed by atoms with Crippen LogP contribution in [0.5, 0.6) is 5.75 Å². The van der Waals surface area contributed by atoms with Crippen LogP contribution < -0.4 is 10.5 Å². The van der Waals surface area contributed by atoms with Gasteiger partial charge in [0.25, 0.3) is 0 Å². The van der Waals surface area contributed by atoms with Crippen LogP contribution in [0.3, 0.4) is 0 Å². The molecule has 0 fully saturated rings. The first-order valence-corrected chi connectivity index (χ1v) is 7.22. The predicted octanol–water partition coefficient (Wildman–Crippen LogP) is 4.06. The standard InChI is InChI=1S/C18H20N2O/c1-13(2)21-18-8-4-7-17-16(18)9-10-20(17)12-14-5-3-6-15(19)11-14/h3-11,13H,12,19H2,1-2H3. The van der Waals surface area contributed by atoms with Gasteiger partial charge in [0, 0.05) is 23.8 Å². The maximum absolute atomic E-state index is 5.88. The van der Waals surface area contributed by atoms with Gasteiger partial charge in [-0.3, -0.25) is 0 Å². The third-order valence-electron chi connectivity index (χ3n) is 3.44. The van der Waals surface area contributed by atoms with Crippen molar-refractivity contribution in [3.8, 4) is 5.75 Å². The molecule has 1 heterocycles. The highest BCUT2D eigenvalue weighted by Gasteiger charge is 2.08. The zero-order valence-electron chi connectivity index (χ0n) is 12.4. The summed E-state index contributed by atoms with van der Waals surface area (Å²) in [6, 6.07) is 16.3. The molecule has 0 aliphatic heterocycles. The number of fused-ring (bicyclic) bond motifs is 1. The molecule has 21 heavy (non-hydrogen) atoms. The maximum atomic E-state index is 5.88. The van der Waals surface area contributed by atoms with Crippen molar-refractivity contribution in [3.05, 3.63) is 60.3 Å². The van der Waals surface area contributed by atoms with Gasteiger partial charge in [0.1, 0.15) is 5.75 Å². The van der Waals surface area contributed by atoms with Crippen molar-refractivity contribution in [2.45, 2.75) is 26.5 Å². The Labute approximate surface area is 125 Å². The van der Waals surface area contributed by atoms with Gasteiger partial charge in [-0.1, -0.05) is 18.2 Å². The summed E-state index contributed by atoms with van der Waals surface area (Å²) in [5.74, 6) is 0.939. The first kappa shape index (κ1) is 13.6. The summed E-state index contributed by atoms with van der Waals surface area (Å²) in [6.45, 7) is 4.89. The van der Waals surface area contributed by atoms with Crippen molar-refractivity contribution in [1.29, 1.82) is 0 Å². The third-order valence-corrected chi connectivity index (χ3v) is 3.44. The van der Waals surface area contributed by atoms with Gasteiger partial charge in [0.15, 0.2) is 0 Å². The first-order valence-electron chi connectivity index (χ1n) is 7.22. The van der Waals surface area contributed by atoms with Crippen LogP contribution in [0.15, 0.2) is 54.7 Å². The lowest BCUT2D eigenvalue weighted by Crippen LogP contribution is -2.05. The second kappa shape index (κ2) is 5.52. The lowest BCUT2D eigenvalue weighted by Gasteiger charge is -2.11. The third kappa shape index (κ3) is 2.87. The predicted molar refractivity (Wildman–Crippen MR) is 87.7 cm³/mol. The number of aromatic nitrogens is 1. The number of nitrogen functional groups attached to an aromatic ring is 1. The van der Waals surface area contributed by atoms with Gasteiger partial charge < -0.3 is 15.0 Å². The number of hydrogen-bond donors (Lipinski definition) is 1. The minimum absolute atomic E-state index is 0.174. The van der Waals surface area contributed by atoms with E-state index in [4.69, 9.17) is 10.5 Å². The van der Waals surface area contributed by atoms with Gasteiger partial charge in [0.05, 0.1) is 11.6 Å². The molecule has 0 saturated heterocycles. The van der Waals surface area contributed by atoms with E-state index in [-0.39, 0.29) is 6.10 Å². The number of ether oxygens (including phenoxy) is 1. The summed E-state index contributed by atoms with van der Waals surface area (Å²) < 4.78 is 8.10. The van der Waals surface area contributed by atoms with E-state index in [1.807, 2.05) is 44.2 Å². The van der Waals surface area contributed by atoms with Crippen LogP contribution in [0.1, 0.15) is 19.4 Å². The Balaban J connectivity index is 1.97. The van der Waals surface area contributed by atoms with Crippen LogP contribution in [0.4, 0.5) is 5.69 Å². The molecular weight excluding hydrogens is 260 g/mol. The first-order chi connectivity index (χ1) is 10.1. The number of hydrogen-bond acceptors (Lipinski definition) is 2. The summed E-state index contributed by atoms with van der Waals surface area (Å²) in [5.41, 5.74) is 9.02. The summed E-state index contributed by atoms with van der Waals surface area (Å²) >= 11 is 0. The minimum Gasteiger partial charge on any atom is -0.490 e. The monoisotopic (exact) mass is 280 g/mol. The Kier molecular flexibility index (Phi) is 3.57. The highest BCUT2D eigenvalue weighted by molar-refractivity contribution is 5.86. The fourth-order valence-corrected chi connectivity index (χ4v) is 2.58. The van der Waals surface area contributed by atoms with Crippen molar-refractivity contribution >= 4 is 16.6 Å². The van der Waals surface area contributed by atoms with Crippen molar-refractivity contribution in [2.75, 3.05) is 5.73 Å². The van der Waals surface area contributed by atoms with Gasteiger partial charge in [-0.2, -0.15) is 0 Å². The Morgan fingerprint density at radius 2 is 1.90 bits per heavy atom. The molecule has 3 aromatic rings. The molecule has 0 amide bonds. The van der Waals surface area contributed by atoms with Crippen molar-refractivity contribution in [2.24, 2.45) is 0 Å². The molecule has 2 aromatic carbocycles. The van der Waals surface area contributed by atoms with E-state index in [9.17, 15) is 0 Å². The SMILES string of the molecule is CC(C)Oc1cccc2c1ccn2Cc1cccc(N)c1. The number of benzene rings is 2. The summed E-state index contributed by atoms with van der Waals surface area (Å²) in [5, 5.41) is 1.15. The van der Waals surface area contributed by atoms with Crippen molar-refractivity contribution in [3.63, 3.8) is 0 Å². The molecule has 0 aliphatic rings. The normalized spacial score (nSPS) is 11.2. The van der Waals surface area contributed by atoms with E-state index in [0.717, 1.165) is 23.4 Å². The van der Waals surface area contributed by atoms with Crippen LogP contribution in [0.25, 0.3) is 10.9 Å². The Morgan fingerprint density at radius 1 is 1.10 bits per heavy atom. The van der Waals surface area contributed by atoms with Crippen LogP contribution >= 0.6 is 0 Å². The molecule has 3 nitrogen and oxygen atoms in total. The molecule has 0 radical (unpaired) electrons. The molecule has 0 saturated carbocycles. The van der Waals surface area contributed by atoms with E-state index in [0.29, 0.717) is 0 Å². The Hall–Kier alpha value is -2.42. The maximum Gasteiger partial charge on any atom is 0.129 e. The molecule has 3 rings (SSSR count). The largest absolute Gasteiger partial charge is 0.490 e. The van der Waals surface area contributed by atoms with Crippen LogP contribution in [-0.4, -0.2) is 10.7 Å². The molecule has 3 heteroatoms. The van der Waals surface area contributed by atoms with Gasteiger partial charge >= 0.3 is 0 Å². The summed E-state index contributed by atoms with van der Waals surface area (Å²) in [7, 11) is 0. The summed E-state index contributed by atoms with van der Waals surface area (Å²) in [4.78, 5) is 0. The quantitative estimate of drug-likeness (QED) is 0.732. The van der Waals surface area contributed by atoms with E-state index in [2.05, 4.69) is 29.0 Å². The number of nitrogens with zero attached hydrogens (tertiary/aromatic N) is 1. The fraction of sp³-hybridized carbons (Fsp3) is 0.222. The molecular formula is C18H20N2O. The zero-order chi connectivity index (χ0) is 14.8. The van der Waals surface area contributed by atoms with Gasteiger partial charge in [-0.15, -0.1) is 0 Å². The highest BCUT2D eigenvalue weighted by Crippen LogP contribution is 2.28. The highest BCUT2D eigenvalue weighted by atomic mass is 16.5. The molecule has 2 N–H and O–H groups in total. The van der Waals surface area contributed by atoms with Crippen molar-refractivity contribution < 1.29 is 4.74 Å². The van der Waals surface area contributed by atoms with Crippen LogP contribution in [0, 0.1) is 0 Å². The van der Waals surface area contributed by atoms with Gasteiger partial charge in [-0.25, -0.2) is 0 Å². The van der Waals surface area contributed by atoms with E-state index >= 15 is 0 Å². The smallest absolute Gasteiger partial charge is 0.129 e. The molecule has 0 bridgehead atoms. The Bertz CT molecular complexity index is 759. The van der Waals surface area contributed by atoms with E-state index in [1.165, 1.54) is 11.1 Å². The topological polar surface area (TPSA) is 40.2 Å². The van der Waals surface area contributed by atoms with Crippen molar-refractivity contribution in [1.82, 2.24) is 4.57 Å². The van der Waals surface area contributed by atoms with Gasteiger partial charge in [-0.05, 0) is 49.7 Å². The average molecular weight is 280 g/mol. The van der Waals surface area contributed by atoms with Crippen LogP contribution in [0.2, 0.25) is 0 Å². The molecule has 108 valence electrons. The Morgan fingerprint density at radius 3 is 2.67 bits per heavy atom. The second-order valence-corrected chi connectivity index (χ2v) is 5.54. The lowest BCUT2D eigenvalue weighted by molar-refractivity contribution is 0.245. The zero-order valence-corrected chi connectivity index (χ0v) is 12.4. The molecule has 0 spiro atoms. The number of rotatable bonds is 4. The van der Waals surface area contributed by atoms with E-state index < -0.39 is 0 Å². The fourth-order valence-electron chi connectivity index (χ4n) is 2.58. The summed E-state index contributed by atoms with van der Waals surface area (Å²) in [6.07, 6.45) is 2.27.